The second-order valence-corrected chi connectivity index (χ2v) is 7.39. The van der Waals surface area contributed by atoms with E-state index in [0.29, 0.717) is 0 Å². The van der Waals surface area contributed by atoms with Crippen molar-refractivity contribution < 1.29 is 27.9 Å². The van der Waals surface area contributed by atoms with Gasteiger partial charge in [0.2, 0.25) is 15.9 Å². The fraction of sp³-hybridized carbons (Fsp3) is 0.467. The van der Waals surface area contributed by atoms with Gasteiger partial charge in [-0.3, -0.25) is 4.79 Å². The molecule has 9 heteroatoms. The minimum absolute atomic E-state index is 0.0829. The van der Waals surface area contributed by atoms with Gasteiger partial charge in [0.1, 0.15) is 10.6 Å². The van der Waals surface area contributed by atoms with Crippen LogP contribution in [0.3, 0.4) is 0 Å². The molecule has 1 saturated heterocycles. The number of hydrogen-bond donors (Lipinski definition) is 0. The largest absolute Gasteiger partial charge is 0.550 e. The third-order valence-corrected chi connectivity index (χ3v) is 5.74. The van der Waals surface area contributed by atoms with Gasteiger partial charge >= 0.3 is 0 Å². The molecular weight excluding hydrogens is 336 g/mol. The molecule has 132 valence electrons. The number of ether oxygens (including phenoxy) is 1. The van der Waals surface area contributed by atoms with Crippen molar-refractivity contribution in [2.45, 2.75) is 18.2 Å². The fourth-order valence-electron chi connectivity index (χ4n) is 2.54. The Balaban J connectivity index is 2.15. The van der Waals surface area contributed by atoms with Gasteiger partial charge in [-0.15, -0.1) is 0 Å². The SMILES string of the molecule is COc1ccc(C)cc1S(=O)(=O)N1CCN(C(=O)CC(=O)[O-])CC1. The highest BCUT2D eigenvalue weighted by Gasteiger charge is 2.32. The first kappa shape index (κ1) is 18.2. The molecule has 0 unspecified atom stereocenters. The lowest BCUT2D eigenvalue weighted by atomic mass is 10.2. The molecule has 0 spiro atoms. The smallest absolute Gasteiger partial charge is 0.246 e. The van der Waals surface area contributed by atoms with Crippen molar-refractivity contribution in [2.75, 3.05) is 33.3 Å². The molecule has 0 atom stereocenters. The minimum atomic E-state index is -3.76. The number of carboxylic acid groups (broad SMARTS) is 1. The van der Waals surface area contributed by atoms with Crippen molar-refractivity contribution in [1.82, 2.24) is 9.21 Å². The molecule has 1 fully saturated rings. The summed E-state index contributed by atoms with van der Waals surface area (Å²) >= 11 is 0. The number of benzene rings is 1. The van der Waals surface area contributed by atoms with E-state index in [2.05, 4.69) is 0 Å². The number of amides is 1. The molecule has 0 radical (unpaired) electrons. The standard InChI is InChI=1S/C15H20N2O6S/c1-11-3-4-12(23-2)13(9-11)24(21,22)17-7-5-16(6-8-17)14(18)10-15(19)20/h3-4,9H,5-8,10H2,1-2H3,(H,19,20)/p-1. The van der Waals surface area contributed by atoms with Crippen molar-refractivity contribution in [3.05, 3.63) is 23.8 Å². The maximum absolute atomic E-state index is 12.8. The zero-order valence-corrected chi connectivity index (χ0v) is 14.3. The summed E-state index contributed by atoms with van der Waals surface area (Å²) < 4.78 is 32.0. The second-order valence-electron chi connectivity index (χ2n) is 5.49. The molecule has 2 rings (SSSR count). The van der Waals surface area contributed by atoms with Crippen molar-refractivity contribution >= 4 is 21.9 Å². The monoisotopic (exact) mass is 355 g/mol. The highest BCUT2D eigenvalue weighted by atomic mass is 32.2. The number of carboxylic acids is 1. The quantitative estimate of drug-likeness (QED) is 0.626. The van der Waals surface area contributed by atoms with E-state index >= 15 is 0 Å². The Morgan fingerprint density at radius 1 is 1.21 bits per heavy atom. The summed E-state index contributed by atoms with van der Waals surface area (Å²) in [5, 5.41) is 10.5. The summed E-state index contributed by atoms with van der Waals surface area (Å²) in [4.78, 5) is 23.6. The van der Waals surface area contributed by atoms with Gasteiger partial charge in [0.15, 0.2) is 0 Å². The topological polar surface area (TPSA) is 107 Å². The number of carbonyl (C=O) groups is 2. The van der Waals surface area contributed by atoms with Crippen LogP contribution in [0.25, 0.3) is 0 Å². The van der Waals surface area contributed by atoms with E-state index in [4.69, 9.17) is 4.74 Å². The number of methoxy groups -OCH3 is 1. The molecule has 0 saturated carbocycles. The highest BCUT2D eigenvalue weighted by Crippen LogP contribution is 2.28. The van der Waals surface area contributed by atoms with Crippen LogP contribution in [0, 0.1) is 6.92 Å². The van der Waals surface area contributed by atoms with Crippen LogP contribution in [-0.2, 0) is 19.6 Å². The molecule has 1 aromatic carbocycles. The molecule has 1 aliphatic rings. The van der Waals surface area contributed by atoms with Crippen LogP contribution in [0.1, 0.15) is 12.0 Å². The number of aliphatic carboxylic acids is 1. The van der Waals surface area contributed by atoms with Gasteiger partial charge in [0, 0.05) is 26.2 Å². The second kappa shape index (κ2) is 7.18. The lowest BCUT2D eigenvalue weighted by Crippen LogP contribution is -2.51. The first-order chi connectivity index (χ1) is 11.3. The summed E-state index contributed by atoms with van der Waals surface area (Å²) in [5.74, 6) is -1.75. The van der Waals surface area contributed by atoms with Crippen LogP contribution >= 0.6 is 0 Å². The van der Waals surface area contributed by atoms with Crippen LogP contribution < -0.4 is 9.84 Å². The van der Waals surface area contributed by atoms with E-state index in [9.17, 15) is 23.1 Å². The summed E-state index contributed by atoms with van der Waals surface area (Å²) in [7, 11) is -2.35. The lowest BCUT2D eigenvalue weighted by Gasteiger charge is -2.34. The average Bonchev–Trinajstić information content (AvgIpc) is 2.54. The van der Waals surface area contributed by atoms with Crippen molar-refractivity contribution in [3.8, 4) is 5.75 Å². The maximum Gasteiger partial charge on any atom is 0.246 e. The molecular formula is C15H19N2O6S-. The Hall–Kier alpha value is -2.13. The number of carbonyl (C=O) groups excluding carboxylic acids is 2. The van der Waals surface area contributed by atoms with Gasteiger partial charge < -0.3 is 19.5 Å². The summed E-state index contributed by atoms with van der Waals surface area (Å²) in [5.41, 5.74) is 0.789. The molecule has 0 bridgehead atoms. The van der Waals surface area contributed by atoms with Gasteiger partial charge in [0.25, 0.3) is 0 Å². The Bertz CT molecular complexity index is 738. The van der Waals surface area contributed by atoms with Crippen LogP contribution in [-0.4, -0.2) is 62.8 Å². The molecule has 8 nitrogen and oxygen atoms in total. The Morgan fingerprint density at radius 2 is 1.83 bits per heavy atom. The maximum atomic E-state index is 12.8. The van der Waals surface area contributed by atoms with Gasteiger partial charge in [-0.05, 0) is 24.6 Å². The van der Waals surface area contributed by atoms with Gasteiger partial charge in [-0.2, -0.15) is 4.31 Å². The van der Waals surface area contributed by atoms with Crippen LogP contribution in [0.2, 0.25) is 0 Å². The van der Waals surface area contributed by atoms with Crippen LogP contribution in [0.15, 0.2) is 23.1 Å². The molecule has 1 amide bonds. The molecule has 0 aromatic heterocycles. The molecule has 1 heterocycles. The predicted octanol–water partition coefficient (Wildman–Crippen LogP) is -1.02. The van der Waals surface area contributed by atoms with Crippen LogP contribution in [0.4, 0.5) is 0 Å². The van der Waals surface area contributed by atoms with Crippen LogP contribution in [0.5, 0.6) is 5.75 Å². The van der Waals surface area contributed by atoms with E-state index in [1.165, 1.54) is 16.3 Å². The number of nitrogens with zero attached hydrogens (tertiary/aromatic N) is 2. The lowest BCUT2D eigenvalue weighted by molar-refractivity contribution is -0.304. The average molecular weight is 355 g/mol. The Labute approximate surface area is 140 Å². The van der Waals surface area contributed by atoms with Crippen molar-refractivity contribution in [3.63, 3.8) is 0 Å². The number of rotatable bonds is 5. The van der Waals surface area contributed by atoms with E-state index < -0.39 is 28.3 Å². The zero-order chi connectivity index (χ0) is 17.9. The van der Waals surface area contributed by atoms with Gasteiger partial charge in [0.05, 0.1) is 19.5 Å². The van der Waals surface area contributed by atoms with E-state index in [1.807, 2.05) is 0 Å². The van der Waals surface area contributed by atoms with Gasteiger partial charge in [-0.25, -0.2) is 8.42 Å². The zero-order valence-electron chi connectivity index (χ0n) is 13.5. The normalized spacial score (nSPS) is 16.0. The molecule has 1 aromatic rings. The number of piperazine rings is 1. The number of sulfonamides is 1. The molecule has 24 heavy (non-hydrogen) atoms. The first-order valence-electron chi connectivity index (χ1n) is 7.38. The molecule has 0 N–H and O–H groups in total. The third kappa shape index (κ3) is 3.85. The summed E-state index contributed by atoms with van der Waals surface area (Å²) in [6, 6.07) is 4.90. The number of aryl methyl sites for hydroxylation is 1. The van der Waals surface area contributed by atoms with E-state index in [0.717, 1.165) is 5.56 Å². The van der Waals surface area contributed by atoms with Crippen molar-refractivity contribution in [1.29, 1.82) is 0 Å². The highest BCUT2D eigenvalue weighted by molar-refractivity contribution is 7.89. The number of hydrogen-bond acceptors (Lipinski definition) is 6. The Morgan fingerprint density at radius 3 is 2.38 bits per heavy atom. The summed E-state index contributed by atoms with van der Waals surface area (Å²) in [6.07, 6.45) is -0.696. The fourth-order valence-corrected chi connectivity index (χ4v) is 4.20. The molecule has 0 aliphatic carbocycles. The molecule has 1 aliphatic heterocycles. The van der Waals surface area contributed by atoms with E-state index in [1.54, 1.807) is 25.1 Å². The minimum Gasteiger partial charge on any atom is -0.550 e. The Kier molecular flexibility index (Phi) is 5.45. The third-order valence-electron chi connectivity index (χ3n) is 3.82. The van der Waals surface area contributed by atoms with Gasteiger partial charge in [-0.1, -0.05) is 6.07 Å². The van der Waals surface area contributed by atoms with E-state index in [-0.39, 0.29) is 36.8 Å². The summed E-state index contributed by atoms with van der Waals surface area (Å²) in [6.45, 7) is 2.25. The van der Waals surface area contributed by atoms with Crippen molar-refractivity contribution in [2.24, 2.45) is 0 Å². The predicted molar refractivity (Wildman–Crippen MR) is 82.7 cm³/mol. The first-order valence-corrected chi connectivity index (χ1v) is 8.82.